The van der Waals surface area contributed by atoms with Crippen LogP contribution in [0.5, 0.6) is 0 Å². The second-order valence-corrected chi connectivity index (χ2v) is 7.86. The molecule has 1 heterocycles. The number of para-hydroxylation sites is 1. The predicted molar refractivity (Wildman–Crippen MR) is 119 cm³/mol. The van der Waals surface area contributed by atoms with E-state index in [0.717, 1.165) is 5.56 Å². The number of carbonyl (C=O) groups excluding carboxylic acids is 2. The Bertz CT molecular complexity index is 1040. The molecule has 0 saturated heterocycles. The molecule has 2 aromatic carbocycles. The average Bonchev–Trinajstić information content (AvgIpc) is 3.14. The van der Waals surface area contributed by atoms with Gasteiger partial charge in [0, 0.05) is 12.1 Å². The molecule has 0 fully saturated rings. The molecule has 30 heavy (non-hydrogen) atoms. The molecule has 3 aromatic rings. The highest BCUT2D eigenvalue weighted by atomic mass is 35.5. The molecule has 0 aliphatic carbocycles. The Morgan fingerprint density at radius 2 is 1.83 bits per heavy atom. The van der Waals surface area contributed by atoms with E-state index in [2.05, 4.69) is 20.8 Å². The van der Waals surface area contributed by atoms with Crippen LogP contribution in [0.15, 0.2) is 53.7 Å². The summed E-state index contributed by atoms with van der Waals surface area (Å²) in [6.07, 6.45) is 0. The highest BCUT2D eigenvalue weighted by molar-refractivity contribution is 7.99. The van der Waals surface area contributed by atoms with Gasteiger partial charge in [0.25, 0.3) is 5.91 Å². The van der Waals surface area contributed by atoms with Gasteiger partial charge in [-0.3, -0.25) is 9.59 Å². The third-order valence-corrected chi connectivity index (χ3v) is 5.61. The van der Waals surface area contributed by atoms with Gasteiger partial charge in [0.05, 0.1) is 23.0 Å². The fourth-order valence-corrected chi connectivity index (χ4v) is 3.72. The molecule has 7 nitrogen and oxygen atoms in total. The minimum absolute atomic E-state index is 0.166. The minimum atomic E-state index is -0.187. The van der Waals surface area contributed by atoms with Crippen molar-refractivity contribution < 1.29 is 9.59 Å². The zero-order valence-electron chi connectivity index (χ0n) is 16.7. The molecular weight excluding hydrogens is 422 g/mol. The van der Waals surface area contributed by atoms with E-state index in [1.54, 1.807) is 36.4 Å². The highest BCUT2D eigenvalue weighted by Gasteiger charge is 2.15. The summed E-state index contributed by atoms with van der Waals surface area (Å²) in [4.78, 5) is 24.5. The van der Waals surface area contributed by atoms with Gasteiger partial charge >= 0.3 is 0 Å². The van der Waals surface area contributed by atoms with Crippen LogP contribution in [-0.2, 0) is 17.9 Å². The molecule has 0 saturated carbocycles. The number of rotatable bonds is 8. The van der Waals surface area contributed by atoms with E-state index >= 15 is 0 Å². The van der Waals surface area contributed by atoms with Crippen molar-refractivity contribution >= 4 is 40.9 Å². The second-order valence-electron chi connectivity index (χ2n) is 6.51. The number of benzene rings is 2. The van der Waals surface area contributed by atoms with E-state index in [-0.39, 0.29) is 24.1 Å². The molecule has 3 rings (SSSR count). The van der Waals surface area contributed by atoms with E-state index in [1.165, 1.54) is 11.8 Å². The lowest BCUT2D eigenvalue weighted by atomic mass is 10.1. The SMILES string of the molecule is CCn1c(CNC(=O)c2ccc(C)cc2)nnc1SCC(=O)Nc1ccccc1Cl. The number of aromatic nitrogens is 3. The maximum atomic E-state index is 12.3. The van der Waals surface area contributed by atoms with Crippen LogP contribution in [0.2, 0.25) is 5.02 Å². The Kier molecular flexibility index (Phi) is 7.48. The first-order chi connectivity index (χ1) is 14.5. The number of aryl methyl sites for hydroxylation is 1. The van der Waals surface area contributed by atoms with Crippen LogP contribution in [0.25, 0.3) is 0 Å². The number of nitrogens with one attached hydrogen (secondary N) is 2. The number of hydrogen-bond donors (Lipinski definition) is 2. The van der Waals surface area contributed by atoms with E-state index < -0.39 is 0 Å². The Labute approximate surface area is 184 Å². The molecule has 1 aromatic heterocycles. The van der Waals surface area contributed by atoms with Gasteiger partial charge in [-0.05, 0) is 38.1 Å². The molecule has 0 spiro atoms. The molecule has 0 bridgehead atoms. The number of amides is 2. The van der Waals surface area contributed by atoms with Crippen molar-refractivity contribution in [2.24, 2.45) is 0 Å². The fraction of sp³-hybridized carbons (Fsp3) is 0.238. The van der Waals surface area contributed by atoms with Crippen LogP contribution >= 0.6 is 23.4 Å². The number of halogens is 1. The average molecular weight is 444 g/mol. The Balaban J connectivity index is 1.57. The molecule has 0 radical (unpaired) electrons. The monoisotopic (exact) mass is 443 g/mol. The number of nitrogens with zero attached hydrogens (tertiary/aromatic N) is 3. The van der Waals surface area contributed by atoms with E-state index in [4.69, 9.17) is 11.6 Å². The van der Waals surface area contributed by atoms with Crippen LogP contribution in [0, 0.1) is 6.92 Å². The van der Waals surface area contributed by atoms with Crippen LogP contribution in [-0.4, -0.2) is 32.3 Å². The molecule has 9 heteroatoms. The second kappa shape index (κ2) is 10.3. The third-order valence-electron chi connectivity index (χ3n) is 4.31. The van der Waals surface area contributed by atoms with Crippen molar-refractivity contribution in [3.8, 4) is 0 Å². The lowest BCUT2D eigenvalue weighted by molar-refractivity contribution is -0.113. The van der Waals surface area contributed by atoms with Gasteiger partial charge in [0.15, 0.2) is 11.0 Å². The summed E-state index contributed by atoms with van der Waals surface area (Å²) in [5.74, 6) is 0.438. The van der Waals surface area contributed by atoms with Gasteiger partial charge in [0.2, 0.25) is 5.91 Å². The van der Waals surface area contributed by atoms with Crippen molar-refractivity contribution in [3.63, 3.8) is 0 Å². The topological polar surface area (TPSA) is 88.9 Å². The van der Waals surface area contributed by atoms with Crippen molar-refractivity contribution in [2.45, 2.75) is 32.1 Å². The quantitative estimate of drug-likeness (QED) is 0.515. The summed E-state index contributed by atoms with van der Waals surface area (Å²) in [6, 6.07) is 14.4. The first kappa shape index (κ1) is 21.9. The number of thioether (sulfide) groups is 1. The van der Waals surface area contributed by atoms with Gasteiger partial charge in [0.1, 0.15) is 0 Å². The highest BCUT2D eigenvalue weighted by Crippen LogP contribution is 2.22. The fourth-order valence-electron chi connectivity index (χ4n) is 2.72. The standard InChI is InChI=1S/C21H22ClN5O2S/c1-3-27-18(12-23-20(29)15-10-8-14(2)9-11-15)25-26-21(27)30-13-19(28)24-17-7-5-4-6-16(17)22/h4-11H,3,12-13H2,1-2H3,(H,23,29)(H,24,28). The van der Waals surface area contributed by atoms with Gasteiger partial charge in [-0.25, -0.2) is 0 Å². The summed E-state index contributed by atoms with van der Waals surface area (Å²) in [7, 11) is 0. The molecule has 0 unspecified atom stereocenters. The first-order valence-electron chi connectivity index (χ1n) is 9.42. The molecule has 2 N–H and O–H groups in total. The van der Waals surface area contributed by atoms with Gasteiger partial charge in [-0.2, -0.15) is 0 Å². The lowest BCUT2D eigenvalue weighted by Gasteiger charge is -2.09. The first-order valence-corrected chi connectivity index (χ1v) is 10.8. The van der Waals surface area contributed by atoms with Gasteiger partial charge in [-0.1, -0.05) is 53.2 Å². The zero-order chi connectivity index (χ0) is 21.5. The van der Waals surface area contributed by atoms with Gasteiger partial charge in [-0.15, -0.1) is 10.2 Å². The Morgan fingerprint density at radius 3 is 2.53 bits per heavy atom. The third kappa shape index (κ3) is 5.61. The van der Waals surface area contributed by atoms with Crippen molar-refractivity contribution in [3.05, 3.63) is 70.5 Å². The van der Waals surface area contributed by atoms with Crippen LogP contribution < -0.4 is 10.6 Å². The van der Waals surface area contributed by atoms with Crippen molar-refractivity contribution in [2.75, 3.05) is 11.1 Å². The zero-order valence-corrected chi connectivity index (χ0v) is 18.3. The summed E-state index contributed by atoms with van der Waals surface area (Å²) in [6.45, 7) is 4.80. The van der Waals surface area contributed by atoms with E-state index in [0.29, 0.717) is 33.8 Å². The summed E-state index contributed by atoms with van der Waals surface area (Å²) >= 11 is 7.35. The maximum Gasteiger partial charge on any atom is 0.251 e. The van der Waals surface area contributed by atoms with Crippen LogP contribution in [0.3, 0.4) is 0 Å². The van der Waals surface area contributed by atoms with Gasteiger partial charge < -0.3 is 15.2 Å². The molecule has 156 valence electrons. The summed E-state index contributed by atoms with van der Waals surface area (Å²) in [5, 5.41) is 15.1. The Hall–Kier alpha value is -2.84. The van der Waals surface area contributed by atoms with Crippen LogP contribution in [0.4, 0.5) is 5.69 Å². The minimum Gasteiger partial charge on any atom is -0.345 e. The lowest BCUT2D eigenvalue weighted by Crippen LogP contribution is -2.24. The molecule has 0 aliphatic rings. The molecular formula is C21H22ClN5O2S. The maximum absolute atomic E-state index is 12.3. The smallest absolute Gasteiger partial charge is 0.251 e. The predicted octanol–water partition coefficient (Wildman–Crippen LogP) is 3.92. The Morgan fingerprint density at radius 1 is 1.10 bits per heavy atom. The normalized spacial score (nSPS) is 10.6. The van der Waals surface area contributed by atoms with Crippen molar-refractivity contribution in [1.82, 2.24) is 20.1 Å². The number of anilines is 1. The summed E-state index contributed by atoms with van der Waals surface area (Å²) < 4.78 is 1.88. The van der Waals surface area contributed by atoms with E-state index in [9.17, 15) is 9.59 Å². The molecule has 2 amide bonds. The number of carbonyl (C=O) groups is 2. The summed E-state index contributed by atoms with van der Waals surface area (Å²) in [5.41, 5.74) is 2.26. The molecule has 0 atom stereocenters. The van der Waals surface area contributed by atoms with Crippen LogP contribution in [0.1, 0.15) is 28.7 Å². The van der Waals surface area contributed by atoms with E-state index in [1.807, 2.05) is 30.5 Å². The van der Waals surface area contributed by atoms with Crippen molar-refractivity contribution in [1.29, 1.82) is 0 Å². The molecule has 0 aliphatic heterocycles. The number of hydrogen-bond acceptors (Lipinski definition) is 5. The largest absolute Gasteiger partial charge is 0.345 e.